The molecule has 1 saturated heterocycles. The van der Waals surface area contributed by atoms with Gasteiger partial charge in [0, 0.05) is 24.3 Å². The van der Waals surface area contributed by atoms with Crippen LogP contribution in [0.3, 0.4) is 0 Å². The zero-order valence-corrected chi connectivity index (χ0v) is 20.2. The van der Waals surface area contributed by atoms with Gasteiger partial charge in [-0.1, -0.05) is 23.2 Å². The summed E-state index contributed by atoms with van der Waals surface area (Å²) in [4.78, 5) is 13.1. The molecule has 0 unspecified atom stereocenters. The number of nitrogens with zero attached hydrogens (tertiary/aromatic N) is 5. The maximum absolute atomic E-state index is 6.63. The molecule has 172 valence electrons. The van der Waals surface area contributed by atoms with Crippen LogP contribution < -0.4 is 0 Å². The topological polar surface area (TPSA) is 66.5 Å². The molecule has 0 spiro atoms. The molecule has 0 bridgehead atoms. The number of fused-ring (bicyclic) bond motifs is 3. The molecule has 33 heavy (non-hydrogen) atoms. The fourth-order valence-corrected chi connectivity index (χ4v) is 5.95. The van der Waals surface area contributed by atoms with Gasteiger partial charge in [-0.3, -0.25) is 0 Å². The molecule has 2 fully saturated rings. The minimum absolute atomic E-state index is 0.0101. The maximum atomic E-state index is 6.63. The zero-order valence-electron chi connectivity index (χ0n) is 18.7. The Bertz CT molecular complexity index is 1360. The number of ether oxygens (including phenoxy) is 2. The van der Waals surface area contributed by atoms with Gasteiger partial charge in [-0.05, 0) is 63.6 Å². The number of rotatable bonds is 4. The van der Waals surface area contributed by atoms with Gasteiger partial charge in [0.1, 0.15) is 28.9 Å². The number of hydrogen-bond donors (Lipinski definition) is 0. The fourth-order valence-electron chi connectivity index (χ4n) is 5.51. The Hall–Kier alpha value is -2.19. The van der Waals surface area contributed by atoms with Crippen molar-refractivity contribution in [3.8, 4) is 0 Å². The van der Waals surface area contributed by atoms with Crippen LogP contribution in [-0.4, -0.2) is 41.9 Å². The van der Waals surface area contributed by atoms with Crippen molar-refractivity contribution in [2.45, 2.75) is 64.1 Å². The Morgan fingerprint density at radius 1 is 1.15 bits per heavy atom. The summed E-state index contributed by atoms with van der Waals surface area (Å²) in [6, 6.07) is 4.17. The largest absolute Gasteiger partial charge is 0.344 e. The van der Waals surface area contributed by atoms with Gasteiger partial charge in [-0.2, -0.15) is 0 Å². The van der Waals surface area contributed by atoms with Crippen LogP contribution in [0.5, 0.6) is 0 Å². The standard InChI is InChI=1S/C24H25Cl2N5O2/c1-13-10-27-19-9-14(17(25)11-31(13)19)4-5-15-8-18(21-20(15)32-24(2,3)33-21)30-7-6-16-22(26)28-12-29-23(16)30/h6-7,9-12,15,18,20-21H,4-5,8H2,1-3H3/t15-,18+,20+,21-/m0/s1. The Kier molecular flexibility index (Phi) is 4.96. The highest BCUT2D eigenvalue weighted by Crippen LogP contribution is 2.49. The Balaban J connectivity index is 1.29. The van der Waals surface area contributed by atoms with Crippen LogP contribution in [0, 0.1) is 12.8 Å². The van der Waals surface area contributed by atoms with Gasteiger partial charge in [-0.25, -0.2) is 15.0 Å². The van der Waals surface area contributed by atoms with Crippen molar-refractivity contribution in [3.63, 3.8) is 0 Å². The van der Waals surface area contributed by atoms with Crippen molar-refractivity contribution in [1.29, 1.82) is 0 Å². The monoisotopic (exact) mass is 485 g/mol. The van der Waals surface area contributed by atoms with E-state index in [-0.39, 0.29) is 18.2 Å². The molecule has 9 heteroatoms. The fraction of sp³-hybridized carbons (Fsp3) is 0.458. The lowest BCUT2D eigenvalue weighted by molar-refractivity contribution is -0.160. The number of aryl methyl sites for hydroxylation is 2. The molecule has 4 aromatic heterocycles. The second-order valence-corrected chi connectivity index (χ2v) is 10.3. The number of pyridine rings is 1. The molecule has 4 aromatic rings. The predicted octanol–water partition coefficient (Wildman–Crippen LogP) is 5.41. The van der Waals surface area contributed by atoms with Gasteiger partial charge in [0.15, 0.2) is 5.79 Å². The second-order valence-electron chi connectivity index (χ2n) is 9.57. The van der Waals surface area contributed by atoms with Crippen LogP contribution in [-0.2, 0) is 15.9 Å². The molecule has 5 heterocycles. The Morgan fingerprint density at radius 3 is 2.82 bits per heavy atom. The predicted molar refractivity (Wildman–Crippen MR) is 127 cm³/mol. The molecule has 0 aromatic carbocycles. The van der Waals surface area contributed by atoms with E-state index in [0.717, 1.165) is 52.2 Å². The lowest BCUT2D eigenvalue weighted by atomic mass is 9.96. The second kappa shape index (κ2) is 7.67. The van der Waals surface area contributed by atoms with E-state index in [2.05, 4.69) is 25.6 Å². The zero-order chi connectivity index (χ0) is 22.9. The van der Waals surface area contributed by atoms with Crippen LogP contribution in [0.1, 0.15) is 44.0 Å². The van der Waals surface area contributed by atoms with Gasteiger partial charge in [0.05, 0.1) is 22.6 Å². The van der Waals surface area contributed by atoms with Crippen molar-refractivity contribution in [3.05, 3.63) is 58.5 Å². The summed E-state index contributed by atoms with van der Waals surface area (Å²) in [6.07, 6.45) is 10.1. The van der Waals surface area contributed by atoms with Crippen LogP contribution in [0.2, 0.25) is 10.2 Å². The van der Waals surface area contributed by atoms with Crippen molar-refractivity contribution < 1.29 is 9.47 Å². The summed E-state index contributed by atoms with van der Waals surface area (Å²) in [5.74, 6) is -0.295. The normalized spacial score (nSPS) is 26.5. The van der Waals surface area contributed by atoms with Gasteiger partial charge in [0.2, 0.25) is 0 Å². The first-order chi connectivity index (χ1) is 15.8. The molecule has 0 radical (unpaired) electrons. The quantitative estimate of drug-likeness (QED) is 0.361. The average molecular weight is 486 g/mol. The van der Waals surface area contributed by atoms with E-state index in [1.165, 1.54) is 6.33 Å². The van der Waals surface area contributed by atoms with Gasteiger partial charge >= 0.3 is 0 Å². The molecule has 4 atom stereocenters. The van der Waals surface area contributed by atoms with E-state index < -0.39 is 5.79 Å². The van der Waals surface area contributed by atoms with Crippen LogP contribution >= 0.6 is 23.2 Å². The molecular formula is C24H25Cl2N5O2. The minimum atomic E-state index is -0.619. The third kappa shape index (κ3) is 3.53. The molecule has 1 aliphatic heterocycles. The highest BCUT2D eigenvalue weighted by atomic mass is 35.5. The lowest BCUT2D eigenvalue weighted by Crippen LogP contribution is -2.27. The van der Waals surface area contributed by atoms with E-state index in [4.69, 9.17) is 32.7 Å². The average Bonchev–Trinajstić information content (AvgIpc) is 3.50. The summed E-state index contributed by atoms with van der Waals surface area (Å²) in [5, 5.41) is 2.09. The van der Waals surface area contributed by atoms with Crippen molar-refractivity contribution >= 4 is 39.9 Å². The summed E-state index contributed by atoms with van der Waals surface area (Å²) >= 11 is 12.9. The first kappa shape index (κ1) is 21.4. The van der Waals surface area contributed by atoms with E-state index >= 15 is 0 Å². The van der Waals surface area contributed by atoms with Gasteiger partial charge < -0.3 is 18.4 Å². The van der Waals surface area contributed by atoms with Gasteiger partial charge in [-0.15, -0.1) is 0 Å². The van der Waals surface area contributed by atoms with Crippen LogP contribution in [0.4, 0.5) is 0 Å². The third-order valence-corrected chi connectivity index (χ3v) is 7.66. The van der Waals surface area contributed by atoms with Gasteiger partial charge in [0.25, 0.3) is 0 Å². The minimum Gasteiger partial charge on any atom is -0.344 e. The summed E-state index contributed by atoms with van der Waals surface area (Å²) < 4.78 is 17.0. The SMILES string of the molecule is Cc1cnc2cc(CC[C@H]3C[C@@H](n4ccc5c(Cl)ncnc54)[C@@H]4OC(C)(C)O[C@H]34)c(Cl)cn12. The summed E-state index contributed by atoms with van der Waals surface area (Å²) in [6.45, 7) is 5.99. The third-order valence-electron chi connectivity index (χ3n) is 7.02. The number of aromatic nitrogens is 5. The highest BCUT2D eigenvalue weighted by molar-refractivity contribution is 6.33. The summed E-state index contributed by atoms with van der Waals surface area (Å²) in [5.41, 5.74) is 3.93. The molecule has 1 saturated carbocycles. The lowest BCUT2D eigenvalue weighted by Gasteiger charge is -2.24. The van der Waals surface area contributed by atoms with Crippen LogP contribution in [0.15, 0.2) is 37.1 Å². The number of hydrogen-bond acceptors (Lipinski definition) is 5. The number of halogens is 2. The first-order valence-corrected chi connectivity index (χ1v) is 12.0. The Morgan fingerprint density at radius 2 is 1.97 bits per heavy atom. The van der Waals surface area contributed by atoms with Crippen molar-refractivity contribution in [2.75, 3.05) is 0 Å². The number of imidazole rings is 1. The van der Waals surface area contributed by atoms with Crippen molar-refractivity contribution in [2.24, 2.45) is 5.92 Å². The molecule has 1 aliphatic carbocycles. The van der Waals surface area contributed by atoms with E-state index in [1.807, 2.05) is 49.8 Å². The molecule has 2 aliphatic rings. The molecule has 0 N–H and O–H groups in total. The van der Waals surface area contributed by atoms with E-state index in [0.29, 0.717) is 11.1 Å². The Labute approximate surface area is 201 Å². The van der Waals surface area contributed by atoms with E-state index in [1.54, 1.807) is 0 Å². The molecule has 0 amide bonds. The molecular weight excluding hydrogens is 461 g/mol. The molecule has 7 nitrogen and oxygen atoms in total. The summed E-state index contributed by atoms with van der Waals surface area (Å²) in [7, 11) is 0. The van der Waals surface area contributed by atoms with Crippen molar-refractivity contribution in [1.82, 2.24) is 23.9 Å². The smallest absolute Gasteiger partial charge is 0.163 e. The van der Waals surface area contributed by atoms with E-state index in [9.17, 15) is 0 Å². The maximum Gasteiger partial charge on any atom is 0.163 e. The highest BCUT2D eigenvalue weighted by Gasteiger charge is 2.54. The first-order valence-electron chi connectivity index (χ1n) is 11.3. The molecule has 6 rings (SSSR count). The van der Waals surface area contributed by atoms with Crippen LogP contribution in [0.25, 0.3) is 16.7 Å².